The van der Waals surface area contributed by atoms with Gasteiger partial charge in [-0.3, -0.25) is 9.36 Å². The molecule has 0 radical (unpaired) electrons. The normalized spacial score (nSPS) is 11.5. The summed E-state index contributed by atoms with van der Waals surface area (Å²) in [5.41, 5.74) is 7.68. The highest BCUT2D eigenvalue weighted by Crippen LogP contribution is 2.28. The molecule has 162 valence electrons. The first kappa shape index (κ1) is 22.0. The third-order valence-corrected chi connectivity index (χ3v) is 6.70. The fourth-order valence-corrected chi connectivity index (χ4v) is 4.45. The third kappa shape index (κ3) is 5.15. The highest BCUT2D eigenvalue weighted by molar-refractivity contribution is 7.99. The monoisotopic (exact) mass is 461 g/mol. The molecule has 4 rings (SSSR count). The summed E-state index contributed by atoms with van der Waals surface area (Å²) >= 11 is 2.92. The first-order valence-corrected chi connectivity index (χ1v) is 12.0. The zero-order valence-electron chi connectivity index (χ0n) is 18.1. The number of hydrazone groups is 1. The molecule has 0 saturated heterocycles. The van der Waals surface area contributed by atoms with Crippen LogP contribution in [0.4, 0.5) is 0 Å². The Balaban J connectivity index is 1.55. The molecule has 0 aliphatic carbocycles. The topological polar surface area (TPSA) is 72.2 Å². The highest BCUT2D eigenvalue weighted by Gasteiger charge is 2.17. The fraction of sp³-hybridized carbons (Fsp3) is 0.167. The smallest absolute Gasteiger partial charge is 0.250 e. The standard InChI is InChI=1S/C24H23N5OS2/c1-16-6-10-19(11-7-16)23-27-28-24(29(23)20-12-8-17(2)9-13-20)32-15-22(30)26-25-18(3)21-5-4-14-31-21/h4-14H,15H2,1-3H3,(H,26,30)/b25-18+. The summed E-state index contributed by atoms with van der Waals surface area (Å²) in [6.45, 7) is 5.98. The van der Waals surface area contributed by atoms with E-state index in [2.05, 4.69) is 58.8 Å². The van der Waals surface area contributed by atoms with Crippen molar-refractivity contribution in [2.45, 2.75) is 25.9 Å². The molecule has 6 nitrogen and oxygen atoms in total. The maximum atomic E-state index is 12.4. The third-order valence-electron chi connectivity index (χ3n) is 4.79. The minimum absolute atomic E-state index is 0.180. The summed E-state index contributed by atoms with van der Waals surface area (Å²) in [6.07, 6.45) is 0. The zero-order chi connectivity index (χ0) is 22.5. The molecule has 1 amide bonds. The van der Waals surface area contributed by atoms with Gasteiger partial charge in [0.25, 0.3) is 5.91 Å². The van der Waals surface area contributed by atoms with Crippen LogP contribution in [0, 0.1) is 13.8 Å². The van der Waals surface area contributed by atoms with Gasteiger partial charge in [-0.15, -0.1) is 21.5 Å². The first-order valence-electron chi connectivity index (χ1n) is 10.1. The summed E-state index contributed by atoms with van der Waals surface area (Å²) in [5, 5.41) is 15.7. The predicted octanol–water partition coefficient (Wildman–Crippen LogP) is 5.25. The van der Waals surface area contributed by atoms with E-state index in [0.717, 1.165) is 27.7 Å². The van der Waals surface area contributed by atoms with Gasteiger partial charge in [0.2, 0.25) is 0 Å². The van der Waals surface area contributed by atoms with Crippen LogP contribution >= 0.6 is 23.1 Å². The van der Waals surface area contributed by atoms with Gasteiger partial charge >= 0.3 is 0 Å². The first-order chi connectivity index (χ1) is 15.5. The largest absolute Gasteiger partial charge is 0.272 e. The number of rotatable bonds is 7. The number of amides is 1. The number of thiophene rings is 1. The number of hydrogen-bond donors (Lipinski definition) is 1. The second-order valence-corrected chi connectivity index (χ2v) is 9.23. The van der Waals surface area contributed by atoms with Crippen LogP contribution in [0.3, 0.4) is 0 Å². The molecule has 2 aromatic heterocycles. The van der Waals surface area contributed by atoms with Crippen molar-refractivity contribution in [3.05, 3.63) is 82.0 Å². The van der Waals surface area contributed by atoms with E-state index in [9.17, 15) is 4.79 Å². The van der Waals surface area contributed by atoms with Crippen molar-refractivity contribution in [1.29, 1.82) is 0 Å². The lowest BCUT2D eigenvalue weighted by molar-refractivity contribution is -0.118. The van der Waals surface area contributed by atoms with E-state index < -0.39 is 0 Å². The van der Waals surface area contributed by atoms with Crippen molar-refractivity contribution < 1.29 is 4.79 Å². The molecule has 32 heavy (non-hydrogen) atoms. The van der Waals surface area contributed by atoms with Crippen molar-refractivity contribution in [3.63, 3.8) is 0 Å². The average molecular weight is 462 g/mol. The Bertz CT molecular complexity index is 1230. The number of nitrogens with one attached hydrogen (secondary N) is 1. The van der Waals surface area contributed by atoms with Gasteiger partial charge in [0.15, 0.2) is 11.0 Å². The lowest BCUT2D eigenvalue weighted by Crippen LogP contribution is -2.21. The molecule has 0 spiro atoms. The fourth-order valence-electron chi connectivity index (χ4n) is 3.03. The minimum Gasteiger partial charge on any atom is -0.272 e. The molecule has 0 unspecified atom stereocenters. The zero-order valence-corrected chi connectivity index (χ0v) is 19.7. The molecule has 0 saturated carbocycles. The van der Waals surface area contributed by atoms with Gasteiger partial charge in [-0.05, 0) is 44.4 Å². The molecule has 0 aliphatic heterocycles. The second-order valence-electron chi connectivity index (χ2n) is 7.34. The Morgan fingerprint density at radius 3 is 2.38 bits per heavy atom. The minimum atomic E-state index is -0.193. The SMILES string of the molecule is C/C(=N\NC(=O)CSc1nnc(-c2ccc(C)cc2)n1-c1ccc(C)cc1)c1cccs1. The van der Waals surface area contributed by atoms with Gasteiger partial charge < -0.3 is 0 Å². The molecule has 8 heteroatoms. The van der Waals surface area contributed by atoms with Crippen LogP contribution < -0.4 is 5.43 Å². The molecule has 0 bridgehead atoms. The van der Waals surface area contributed by atoms with Crippen LogP contribution in [-0.2, 0) is 4.79 Å². The Labute approximate surface area is 195 Å². The van der Waals surface area contributed by atoms with E-state index >= 15 is 0 Å². The van der Waals surface area contributed by atoms with Crippen molar-refractivity contribution in [2.75, 3.05) is 5.75 Å². The summed E-state index contributed by atoms with van der Waals surface area (Å²) < 4.78 is 1.99. The summed E-state index contributed by atoms with van der Waals surface area (Å²) in [4.78, 5) is 13.4. The maximum absolute atomic E-state index is 12.4. The second kappa shape index (κ2) is 9.93. The number of nitrogens with zero attached hydrogens (tertiary/aromatic N) is 4. The maximum Gasteiger partial charge on any atom is 0.250 e. The Hall–Kier alpha value is -3.23. The van der Waals surface area contributed by atoms with Crippen LogP contribution in [0.2, 0.25) is 0 Å². The molecule has 2 aromatic carbocycles. The van der Waals surface area contributed by atoms with Crippen molar-refractivity contribution in [3.8, 4) is 17.1 Å². The van der Waals surface area contributed by atoms with Crippen molar-refractivity contribution in [2.24, 2.45) is 5.10 Å². The lowest BCUT2D eigenvalue weighted by Gasteiger charge is -2.11. The van der Waals surface area contributed by atoms with Gasteiger partial charge in [0, 0.05) is 16.1 Å². The highest BCUT2D eigenvalue weighted by atomic mass is 32.2. The summed E-state index contributed by atoms with van der Waals surface area (Å²) in [5.74, 6) is 0.726. The Morgan fingerprint density at radius 1 is 1.03 bits per heavy atom. The van der Waals surface area contributed by atoms with Gasteiger partial charge in [0.1, 0.15) is 0 Å². The number of thioether (sulfide) groups is 1. The molecular formula is C24H23N5OS2. The van der Waals surface area contributed by atoms with Gasteiger partial charge in [0.05, 0.1) is 11.5 Å². The van der Waals surface area contributed by atoms with Gasteiger partial charge in [-0.2, -0.15) is 5.10 Å². The van der Waals surface area contributed by atoms with Crippen LogP contribution in [0.25, 0.3) is 17.1 Å². The molecule has 0 fully saturated rings. The van der Waals surface area contributed by atoms with Crippen LogP contribution in [-0.4, -0.2) is 32.1 Å². The summed E-state index contributed by atoms with van der Waals surface area (Å²) in [7, 11) is 0. The number of carbonyl (C=O) groups excluding carboxylic acids is 1. The van der Waals surface area contributed by atoms with E-state index in [1.807, 2.05) is 53.3 Å². The van der Waals surface area contributed by atoms with Gasteiger partial charge in [-0.25, -0.2) is 5.43 Å². The molecular weight excluding hydrogens is 438 g/mol. The Kier molecular flexibility index (Phi) is 6.82. The van der Waals surface area contributed by atoms with E-state index in [0.29, 0.717) is 5.16 Å². The predicted molar refractivity (Wildman–Crippen MR) is 132 cm³/mol. The molecule has 0 atom stereocenters. The van der Waals surface area contributed by atoms with Gasteiger partial charge in [-0.1, -0.05) is 65.4 Å². The number of carbonyl (C=O) groups is 1. The number of aryl methyl sites for hydroxylation is 2. The van der Waals surface area contributed by atoms with E-state index in [4.69, 9.17) is 0 Å². The molecule has 2 heterocycles. The van der Waals surface area contributed by atoms with Crippen LogP contribution in [0.5, 0.6) is 0 Å². The van der Waals surface area contributed by atoms with E-state index in [1.165, 1.54) is 22.9 Å². The van der Waals surface area contributed by atoms with E-state index in [-0.39, 0.29) is 11.7 Å². The van der Waals surface area contributed by atoms with Crippen LogP contribution in [0.1, 0.15) is 22.9 Å². The van der Waals surface area contributed by atoms with Crippen molar-refractivity contribution >= 4 is 34.7 Å². The average Bonchev–Trinajstić information content (AvgIpc) is 3.48. The Morgan fingerprint density at radius 2 is 1.72 bits per heavy atom. The number of benzene rings is 2. The lowest BCUT2D eigenvalue weighted by atomic mass is 10.1. The number of aromatic nitrogens is 3. The molecule has 4 aromatic rings. The van der Waals surface area contributed by atoms with Crippen LogP contribution in [0.15, 0.2) is 76.3 Å². The molecule has 1 N–H and O–H groups in total. The quantitative estimate of drug-likeness (QED) is 0.232. The van der Waals surface area contributed by atoms with Crippen molar-refractivity contribution in [1.82, 2.24) is 20.2 Å². The van der Waals surface area contributed by atoms with E-state index in [1.54, 1.807) is 11.3 Å². The number of hydrogen-bond acceptors (Lipinski definition) is 6. The summed E-state index contributed by atoms with van der Waals surface area (Å²) in [6, 6.07) is 20.3. The molecule has 0 aliphatic rings.